The Morgan fingerprint density at radius 3 is 2.00 bits per heavy atom. The first-order valence-electron chi connectivity index (χ1n) is 9.42. The first kappa shape index (κ1) is 21.4. The van der Waals surface area contributed by atoms with Gasteiger partial charge in [0.25, 0.3) is 15.9 Å². The van der Waals surface area contributed by atoms with Crippen LogP contribution in [0.25, 0.3) is 0 Å². The maximum Gasteiger partial charge on any atom is 0.262 e. The van der Waals surface area contributed by atoms with Crippen molar-refractivity contribution in [3.63, 3.8) is 0 Å². The Morgan fingerprint density at radius 2 is 1.40 bits per heavy atom. The molecule has 3 rings (SSSR count). The largest absolute Gasteiger partial charge is 0.484 e. The van der Waals surface area contributed by atoms with E-state index < -0.39 is 10.0 Å². The van der Waals surface area contributed by atoms with Crippen molar-refractivity contribution in [2.24, 2.45) is 0 Å². The molecule has 0 radical (unpaired) electrons. The molecular weight excluding hydrogens is 400 g/mol. The summed E-state index contributed by atoms with van der Waals surface area (Å²) in [6, 6.07) is 18.9. The topological polar surface area (TPSA) is 84.5 Å². The Balaban J connectivity index is 1.60. The van der Waals surface area contributed by atoms with Gasteiger partial charge in [-0.3, -0.25) is 9.52 Å². The average Bonchev–Trinajstić information content (AvgIpc) is 2.67. The monoisotopic (exact) mass is 424 g/mol. The van der Waals surface area contributed by atoms with Crippen molar-refractivity contribution in [3.05, 3.63) is 83.4 Å². The quantitative estimate of drug-likeness (QED) is 0.588. The lowest BCUT2D eigenvalue weighted by Gasteiger charge is -2.11. The number of rotatable bonds is 7. The van der Waals surface area contributed by atoms with Gasteiger partial charge in [-0.2, -0.15) is 0 Å². The maximum absolute atomic E-state index is 12.6. The Morgan fingerprint density at radius 1 is 0.800 bits per heavy atom. The van der Waals surface area contributed by atoms with Crippen LogP contribution in [0.15, 0.2) is 71.6 Å². The molecule has 6 nitrogen and oxygen atoms in total. The summed E-state index contributed by atoms with van der Waals surface area (Å²) in [6.45, 7) is 5.64. The van der Waals surface area contributed by atoms with Crippen LogP contribution in [-0.2, 0) is 14.8 Å². The lowest BCUT2D eigenvalue weighted by molar-refractivity contribution is -0.118. The molecule has 2 N–H and O–H groups in total. The lowest BCUT2D eigenvalue weighted by atomic mass is 10.1. The molecule has 0 unspecified atom stereocenters. The Bertz CT molecular complexity index is 1120. The molecule has 1 amide bonds. The van der Waals surface area contributed by atoms with Crippen LogP contribution in [0, 0.1) is 20.8 Å². The fourth-order valence-corrected chi connectivity index (χ4v) is 3.99. The normalized spacial score (nSPS) is 11.0. The van der Waals surface area contributed by atoms with Crippen LogP contribution in [0.4, 0.5) is 11.4 Å². The van der Waals surface area contributed by atoms with Crippen molar-refractivity contribution < 1.29 is 17.9 Å². The van der Waals surface area contributed by atoms with Crippen molar-refractivity contribution in [1.29, 1.82) is 0 Å². The molecule has 0 heterocycles. The van der Waals surface area contributed by atoms with Crippen LogP contribution in [0.1, 0.15) is 16.7 Å². The lowest BCUT2D eigenvalue weighted by Crippen LogP contribution is -2.20. The van der Waals surface area contributed by atoms with Crippen LogP contribution < -0.4 is 14.8 Å². The van der Waals surface area contributed by atoms with E-state index in [1.807, 2.05) is 39.0 Å². The summed E-state index contributed by atoms with van der Waals surface area (Å²) >= 11 is 0. The van der Waals surface area contributed by atoms with Gasteiger partial charge in [0.15, 0.2) is 6.61 Å². The van der Waals surface area contributed by atoms with E-state index in [1.54, 1.807) is 36.4 Å². The second-order valence-corrected chi connectivity index (χ2v) is 8.84. The average molecular weight is 425 g/mol. The second kappa shape index (κ2) is 9.00. The molecule has 3 aromatic carbocycles. The predicted octanol–water partition coefficient (Wildman–Crippen LogP) is 4.43. The molecule has 3 aromatic rings. The maximum atomic E-state index is 12.6. The highest BCUT2D eigenvalue weighted by molar-refractivity contribution is 7.92. The molecule has 0 aliphatic carbocycles. The number of hydrogen-bond donors (Lipinski definition) is 2. The number of ether oxygens (including phenoxy) is 1. The number of carbonyl (C=O) groups is 1. The summed E-state index contributed by atoms with van der Waals surface area (Å²) in [5, 5.41) is 2.69. The summed E-state index contributed by atoms with van der Waals surface area (Å²) in [4.78, 5) is 12.2. The molecule has 0 spiro atoms. The zero-order valence-corrected chi connectivity index (χ0v) is 17.9. The number of benzene rings is 3. The highest BCUT2D eigenvalue weighted by Crippen LogP contribution is 2.20. The van der Waals surface area contributed by atoms with Crippen LogP contribution in [-0.4, -0.2) is 20.9 Å². The number of sulfonamides is 1. The molecule has 0 aliphatic rings. The van der Waals surface area contributed by atoms with E-state index in [0.29, 0.717) is 17.1 Å². The molecule has 0 fully saturated rings. The van der Waals surface area contributed by atoms with E-state index in [1.165, 1.54) is 12.1 Å². The van der Waals surface area contributed by atoms with Crippen molar-refractivity contribution in [3.8, 4) is 5.75 Å². The second-order valence-electron chi connectivity index (χ2n) is 7.16. The third kappa shape index (κ3) is 5.84. The number of aryl methyl sites for hydroxylation is 3. The summed E-state index contributed by atoms with van der Waals surface area (Å²) in [5.41, 5.74) is 4.04. The molecular formula is C23H24N2O4S. The fourth-order valence-electron chi connectivity index (χ4n) is 2.95. The van der Waals surface area contributed by atoms with E-state index in [0.717, 1.165) is 16.7 Å². The van der Waals surface area contributed by atoms with Gasteiger partial charge in [-0.15, -0.1) is 0 Å². The van der Waals surface area contributed by atoms with Gasteiger partial charge in [-0.1, -0.05) is 23.8 Å². The minimum atomic E-state index is -3.73. The van der Waals surface area contributed by atoms with Crippen molar-refractivity contribution in [2.75, 3.05) is 16.6 Å². The highest BCUT2D eigenvalue weighted by Gasteiger charge is 2.15. The van der Waals surface area contributed by atoms with Crippen molar-refractivity contribution >= 4 is 27.3 Å². The molecule has 0 bridgehead atoms. The first-order chi connectivity index (χ1) is 14.2. The van der Waals surface area contributed by atoms with Crippen molar-refractivity contribution in [1.82, 2.24) is 0 Å². The Kier molecular flexibility index (Phi) is 6.42. The number of amides is 1. The number of carbonyl (C=O) groups excluding carboxylic acids is 1. The van der Waals surface area contributed by atoms with Crippen LogP contribution >= 0.6 is 0 Å². The smallest absolute Gasteiger partial charge is 0.262 e. The summed E-state index contributed by atoms with van der Waals surface area (Å²) in [7, 11) is -3.73. The van der Waals surface area contributed by atoms with E-state index in [4.69, 9.17) is 4.74 Å². The molecule has 30 heavy (non-hydrogen) atoms. The van der Waals surface area contributed by atoms with Gasteiger partial charge in [0, 0.05) is 11.4 Å². The SMILES string of the molecule is Cc1ccc(OCC(=O)Nc2ccc(S(=O)(=O)Nc3cc(C)cc(C)c3)cc2)cc1. The fraction of sp³-hybridized carbons (Fsp3) is 0.174. The van der Waals surface area contributed by atoms with Gasteiger partial charge in [-0.25, -0.2) is 8.42 Å². The summed E-state index contributed by atoms with van der Waals surface area (Å²) in [6.07, 6.45) is 0. The van der Waals surface area contributed by atoms with Gasteiger partial charge < -0.3 is 10.1 Å². The summed E-state index contributed by atoms with van der Waals surface area (Å²) < 4.78 is 33.3. The Labute approximate surface area is 177 Å². The molecule has 7 heteroatoms. The third-order valence-electron chi connectivity index (χ3n) is 4.31. The van der Waals surface area contributed by atoms with Gasteiger partial charge in [0.2, 0.25) is 0 Å². The number of anilines is 2. The van der Waals surface area contributed by atoms with Crippen LogP contribution in [0.5, 0.6) is 5.75 Å². The first-order valence-corrected chi connectivity index (χ1v) is 10.9. The zero-order chi connectivity index (χ0) is 21.7. The molecule has 0 saturated heterocycles. The van der Waals surface area contributed by atoms with Crippen molar-refractivity contribution in [2.45, 2.75) is 25.7 Å². The standard InChI is InChI=1S/C23H24N2O4S/c1-16-4-8-21(9-5-16)29-15-23(26)24-19-6-10-22(11-7-19)30(27,28)25-20-13-17(2)12-18(3)14-20/h4-14,25H,15H2,1-3H3,(H,24,26). The van der Waals surface area contributed by atoms with Gasteiger partial charge >= 0.3 is 0 Å². The number of nitrogens with one attached hydrogen (secondary N) is 2. The highest BCUT2D eigenvalue weighted by atomic mass is 32.2. The predicted molar refractivity (Wildman–Crippen MR) is 118 cm³/mol. The third-order valence-corrected chi connectivity index (χ3v) is 5.71. The van der Waals surface area contributed by atoms with E-state index in [-0.39, 0.29) is 17.4 Å². The molecule has 0 saturated carbocycles. The number of hydrogen-bond acceptors (Lipinski definition) is 4. The molecule has 0 aromatic heterocycles. The minimum Gasteiger partial charge on any atom is -0.484 e. The van der Waals surface area contributed by atoms with Gasteiger partial charge in [-0.05, 0) is 80.4 Å². The molecule has 0 aliphatic heterocycles. The molecule has 0 atom stereocenters. The van der Waals surface area contributed by atoms with Crippen LogP contribution in [0.2, 0.25) is 0 Å². The van der Waals surface area contributed by atoms with E-state index in [2.05, 4.69) is 10.0 Å². The molecule has 156 valence electrons. The van der Waals surface area contributed by atoms with Crippen LogP contribution in [0.3, 0.4) is 0 Å². The summed E-state index contributed by atoms with van der Waals surface area (Å²) in [5.74, 6) is 0.272. The Hall–Kier alpha value is -3.32. The zero-order valence-electron chi connectivity index (χ0n) is 17.1. The van der Waals surface area contributed by atoms with E-state index in [9.17, 15) is 13.2 Å². The minimum absolute atomic E-state index is 0.107. The van der Waals surface area contributed by atoms with E-state index >= 15 is 0 Å². The van der Waals surface area contributed by atoms with Gasteiger partial charge in [0.1, 0.15) is 5.75 Å². The van der Waals surface area contributed by atoms with Gasteiger partial charge in [0.05, 0.1) is 4.90 Å².